The number of morpholine rings is 1. The normalized spacial score (nSPS) is 18.8. The molecule has 0 aliphatic carbocycles. The molecule has 2 fully saturated rings. The first kappa shape index (κ1) is 20.7. The van der Waals surface area contributed by atoms with Crippen molar-refractivity contribution in [3.63, 3.8) is 0 Å². The van der Waals surface area contributed by atoms with Gasteiger partial charge in [-0.15, -0.1) is 0 Å². The molecule has 1 amide bonds. The molecule has 3 aliphatic rings. The van der Waals surface area contributed by atoms with Crippen LogP contribution < -0.4 is 9.80 Å². The second-order valence-electron chi connectivity index (χ2n) is 8.59. The molecule has 8 heteroatoms. The van der Waals surface area contributed by atoms with Gasteiger partial charge in [0, 0.05) is 50.3 Å². The Morgan fingerprint density at radius 1 is 1.00 bits per heavy atom. The summed E-state index contributed by atoms with van der Waals surface area (Å²) in [7, 11) is 0. The third-order valence-corrected chi connectivity index (χ3v) is 6.50. The number of hydrogen-bond acceptors (Lipinski definition) is 7. The Labute approximate surface area is 188 Å². The number of nitrogens with zero attached hydrogens (tertiary/aromatic N) is 6. The van der Waals surface area contributed by atoms with Gasteiger partial charge in [0.05, 0.1) is 37.1 Å². The summed E-state index contributed by atoms with van der Waals surface area (Å²) in [5.74, 6) is 1.73. The fourth-order valence-corrected chi connectivity index (χ4v) is 4.73. The topological polar surface area (TPSA) is 85.6 Å². The standard InChI is InChI=1S/C24H28N6O2/c25-16-18-5-4-6-19(15-18)23(31)30-10-7-21-20(17-30)22(28-8-2-1-3-9-28)27-24(26-21)29-11-13-32-14-12-29/h4-6,15H,1-3,7-14,17H2. The smallest absolute Gasteiger partial charge is 0.254 e. The van der Waals surface area contributed by atoms with Crippen LogP contribution in [0.4, 0.5) is 11.8 Å². The van der Waals surface area contributed by atoms with Crippen LogP contribution in [0.1, 0.15) is 46.4 Å². The number of benzene rings is 1. The van der Waals surface area contributed by atoms with Crippen molar-refractivity contribution in [2.45, 2.75) is 32.2 Å². The molecule has 8 nitrogen and oxygen atoms in total. The first-order chi connectivity index (χ1) is 15.7. The third-order valence-electron chi connectivity index (χ3n) is 6.50. The summed E-state index contributed by atoms with van der Waals surface area (Å²) < 4.78 is 5.51. The SMILES string of the molecule is N#Cc1cccc(C(=O)N2CCc3nc(N4CCOCC4)nc(N4CCCCC4)c3C2)c1. The Morgan fingerprint density at radius 2 is 1.81 bits per heavy atom. The lowest BCUT2D eigenvalue weighted by Gasteiger charge is -2.36. The van der Waals surface area contributed by atoms with Gasteiger partial charge in [0.2, 0.25) is 5.95 Å². The van der Waals surface area contributed by atoms with Crippen molar-refractivity contribution in [1.82, 2.24) is 14.9 Å². The quantitative estimate of drug-likeness (QED) is 0.736. The van der Waals surface area contributed by atoms with Crippen LogP contribution in [0.3, 0.4) is 0 Å². The van der Waals surface area contributed by atoms with Gasteiger partial charge in [-0.2, -0.15) is 10.2 Å². The molecule has 0 spiro atoms. The maximum atomic E-state index is 13.2. The summed E-state index contributed by atoms with van der Waals surface area (Å²) in [4.78, 5) is 29.6. The van der Waals surface area contributed by atoms with Crippen LogP contribution in [-0.2, 0) is 17.7 Å². The van der Waals surface area contributed by atoms with E-state index in [0.717, 1.165) is 62.0 Å². The van der Waals surface area contributed by atoms with E-state index in [2.05, 4.69) is 15.9 Å². The Hall–Kier alpha value is -3.18. The number of anilines is 2. The van der Waals surface area contributed by atoms with Crippen LogP contribution >= 0.6 is 0 Å². The van der Waals surface area contributed by atoms with Gasteiger partial charge in [0.25, 0.3) is 5.91 Å². The van der Waals surface area contributed by atoms with Gasteiger partial charge in [0.1, 0.15) is 5.82 Å². The molecule has 2 saturated heterocycles. The van der Waals surface area contributed by atoms with Gasteiger partial charge in [0.15, 0.2) is 0 Å². The average molecular weight is 433 g/mol. The Bertz CT molecular complexity index is 1040. The Kier molecular flexibility index (Phi) is 5.91. The molecule has 166 valence electrons. The molecule has 1 aromatic carbocycles. The third kappa shape index (κ3) is 4.13. The van der Waals surface area contributed by atoms with Crippen molar-refractivity contribution >= 4 is 17.7 Å². The lowest BCUT2D eigenvalue weighted by molar-refractivity contribution is 0.0733. The first-order valence-corrected chi connectivity index (χ1v) is 11.5. The zero-order chi connectivity index (χ0) is 21.9. The zero-order valence-corrected chi connectivity index (χ0v) is 18.3. The molecular weight excluding hydrogens is 404 g/mol. The highest BCUT2D eigenvalue weighted by atomic mass is 16.5. The summed E-state index contributed by atoms with van der Waals surface area (Å²) in [6.07, 6.45) is 4.28. The molecular formula is C24H28N6O2. The first-order valence-electron chi connectivity index (χ1n) is 11.5. The highest BCUT2D eigenvalue weighted by Crippen LogP contribution is 2.31. The van der Waals surface area contributed by atoms with Crippen LogP contribution in [-0.4, -0.2) is 66.7 Å². The summed E-state index contributed by atoms with van der Waals surface area (Å²) in [6, 6.07) is 9.05. The Morgan fingerprint density at radius 3 is 2.59 bits per heavy atom. The molecule has 1 aromatic heterocycles. The molecule has 0 bridgehead atoms. The van der Waals surface area contributed by atoms with Crippen molar-refractivity contribution in [2.75, 3.05) is 55.7 Å². The van der Waals surface area contributed by atoms with Crippen molar-refractivity contribution in [3.05, 3.63) is 46.6 Å². The molecule has 0 N–H and O–H groups in total. The predicted octanol–water partition coefficient (Wildman–Crippen LogP) is 2.37. The van der Waals surface area contributed by atoms with Crippen LogP contribution in [0.15, 0.2) is 24.3 Å². The van der Waals surface area contributed by atoms with E-state index in [0.29, 0.717) is 43.9 Å². The van der Waals surface area contributed by atoms with E-state index in [1.54, 1.807) is 24.3 Å². The summed E-state index contributed by atoms with van der Waals surface area (Å²) in [5.41, 5.74) is 3.18. The predicted molar refractivity (Wildman–Crippen MR) is 121 cm³/mol. The minimum Gasteiger partial charge on any atom is -0.378 e. The highest BCUT2D eigenvalue weighted by molar-refractivity contribution is 5.94. The maximum Gasteiger partial charge on any atom is 0.254 e. The number of piperidine rings is 1. The van der Waals surface area contributed by atoms with E-state index in [9.17, 15) is 10.1 Å². The lowest BCUT2D eigenvalue weighted by Crippen LogP contribution is -2.41. The fourth-order valence-electron chi connectivity index (χ4n) is 4.73. The van der Waals surface area contributed by atoms with Gasteiger partial charge in [-0.25, -0.2) is 4.98 Å². The van der Waals surface area contributed by atoms with Gasteiger partial charge < -0.3 is 19.4 Å². The van der Waals surface area contributed by atoms with E-state index >= 15 is 0 Å². The monoisotopic (exact) mass is 432 g/mol. The summed E-state index contributed by atoms with van der Waals surface area (Å²) >= 11 is 0. The number of amides is 1. The molecule has 32 heavy (non-hydrogen) atoms. The lowest BCUT2D eigenvalue weighted by atomic mass is 10.0. The molecule has 0 saturated carbocycles. The van der Waals surface area contributed by atoms with E-state index in [1.807, 2.05) is 4.90 Å². The number of ether oxygens (including phenoxy) is 1. The molecule has 2 aromatic rings. The Balaban J connectivity index is 1.47. The molecule has 4 heterocycles. The minimum absolute atomic E-state index is 0.0467. The van der Waals surface area contributed by atoms with Gasteiger partial charge in [-0.3, -0.25) is 4.79 Å². The summed E-state index contributed by atoms with van der Waals surface area (Å²) in [5, 5.41) is 9.19. The largest absolute Gasteiger partial charge is 0.378 e. The van der Waals surface area contributed by atoms with Crippen LogP contribution in [0.25, 0.3) is 0 Å². The highest BCUT2D eigenvalue weighted by Gasteiger charge is 2.30. The van der Waals surface area contributed by atoms with Crippen molar-refractivity contribution in [2.24, 2.45) is 0 Å². The number of aromatic nitrogens is 2. The van der Waals surface area contributed by atoms with Gasteiger partial charge in [-0.05, 0) is 37.5 Å². The van der Waals surface area contributed by atoms with Crippen LogP contribution in [0, 0.1) is 11.3 Å². The van der Waals surface area contributed by atoms with E-state index in [4.69, 9.17) is 14.7 Å². The molecule has 3 aliphatic heterocycles. The number of carbonyl (C=O) groups excluding carboxylic acids is 1. The zero-order valence-electron chi connectivity index (χ0n) is 18.3. The molecule has 0 atom stereocenters. The van der Waals surface area contributed by atoms with Gasteiger partial charge >= 0.3 is 0 Å². The second-order valence-corrected chi connectivity index (χ2v) is 8.59. The minimum atomic E-state index is -0.0467. The number of hydrogen-bond donors (Lipinski definition) is 0. The number of carbonyl (C=O) groups is 1. The average Bonchev–Trinajstić information content (AvgIpc) is 2.88. The van der Waals surface area contributed by atoms with E-state index < -0.39 is 0 Å². The fraction of sp³-hybridized carbons (Fsp3) is 0.500. The second kappa shape index (κ2) is 9.13. The van der Waals surface area contributed by atoms with Crippen molar-refractivity contribution < 1.29 is 9.53 Å². The van der Waals surface area contributed by atoms with Crippen molar-refractivity contribution in [3.8, 4) is 6.07 Å². The molecule has 0 radical (unpaired) electrons. The van der Waals surface area contributed by atoms with E-state index in [-0.39, 0.29) is 5.91 Å². The number of fused-ring (bicyclic) bond motifs is 1. The number of rotatable bonds is 3. The van der Waals surface area contributed by atoms with Crippen molar-refractivity contribution in [1.29, 1.82) is 5.26 Å². The molecule has 5 rings (SSSR count). The summed E-state index contributed by atoms with van der Waals surface area (Å²) in [6.45, 7) is 6.10. The molecule has 0 unspecified atom stereocenters. The van der Waals surface area contributed by atoms with Crippen LogP contribution in [0.2, 0.25) is 0 Å². The maximum absolute atomic E-state index is 13.2. The van der Waals surface area contributed by atoms with Gasteiger partial charge in [-0.1, -0.05) is 6.07 Å². The van der Waals surface area contributed by atoms with Crippen LogP contribution in [0.5, 0.6) is 0 Å². The number of nitriles is 1. The van der Waals surface area contributed by atoms with E-state index in [1.165, 1.54) is 6.42 Å².